The molecule has 2 aliphatic heterocycles. The van der Waals surface area contributed by atoms with Crippen molar-refractivity contribution in [3.05, 3.63) is 41.0 Å². The molecule has 1 N–H and O–H groups in total. The van der Waals surface area contributed by atoms with Crippen molar-refractivity contribution in [1.29, 1.82) is 0 Å². The van der Waals surface area contributed by atoms with Gasteiger partial charge in [-0.25, -0.2) is 4.79 Å². The zero-order chi connectivity index (χ0) is 25.9. The molecule has 2 atom stereocenters. The van der Waals surface area contributed by atoms with Gasteiger partial charge in [-0.3, -0.25) is 24.5 Å². The van der Waals surface area contributed by atoms with Crippen LogP contribution in [-0.4, -0.2) is 53.1 Å². The number of ketones is 2. The zero-order valence-corrected chi connectivity index (χ0v) is 21.1. The number of rotatable bonds is 5. The fraction of sp³-hybridized carbons (Fsp3) is 0.519. The van der Waals surface area contributed by atoms with Crippen molar-refractivity contribution in [2.45, 2.75) is 65.9 Å². The summed E-state index contributed by atoms with van der Waals surface area (Å²) in [5.41, 5.74) is 1.58. The van der Waals surface area contributed by atoms with Gasteiger partial charge in [-0.1, -0.05) is 31.2 Å². The molecule has 1 aromatic carbocycles. The summed E-state index contributed by atoms with van der Waals surface area (Å²) in [7, 11) is 0. The number of carbonyl (C=O) groups is 5. The van der Waals surface area contributed by atoms with Crippen LogP contribution in [0.25, 0.3) is 5.57 Å². The highest BCUT2D eigenvalue weighted by Gasteiger charge is 2.36. The fourth-order valence-electron chi connectivity index (χ4n) is 4.64. The first-order chi connectivity index (χ1) is 16.4. The maximum absolute atomic E-state index is 13.5. The summed E-state index contributed by atoms with van der Waals surface area (Å²) in [6.45, 7) is 9.50. The Balaban J connectivity index is 1.86. The zero-order valence-electron chi connectivity index (χ0n) is 21.1. The molecule has 0 saturated carbocycles. The number of carbonyl (C=O) groups excluding carboxylic acids is 5. The molecule has 188 valence electrons. The smallest absolute Gasteiger partial charge is 0.410 e. The molecule has 0 bridgehead atoms. The van der Waals surface area contributed by atoms with Crippen LogP contribution < -0.4 is 5.32 Å². The van der Waals surface area contributed by atoms with Gasteiger partial charge >= 0.3 is 6.09 Å². The number of piperidine rings is 1. The van der Waals surface area contributed by atoms with Gasteiger partial charge in [-0.15, -0.1) is 0 Å². The first kappa shape index (κ1) is 26.3. The molecule has 3 rings (SSSR count). The maximum atomic E-state index is 13.5. The van der Waals surface area contributed by atoms with Crippen LogP contribution in [0.5, 0.6) is 0 Å². The highest BCUT2D eigenvalue weighted by atomic mass is 16.6. The lowest BCUT2D eigenvalue weighted by atomic mass is 9.79. The lowest BCUT2D eigenvalue weighted by Gasteiger charge is -2.27. The summed E-state index contributed by atoms with van der Waals surface area (Å²) in [5.74, 6) is -2.62. The van der Waals surface area contributed by atoms with E-state index in [4.69, 9.17) is 4.74 Å². The second-order valence-electron chi connectivity index (χ2n) is 10.2. The second-order valence-corrected chi connectivity index (χ2v) is 10.2. The van der Waals surface area contributed by atoms with Gasteiger partial charge in [-0.2, -0.15) is 0 Å². The molecule has 0 radical (unpaired) electrons. The van der Waals surface area contributed by atoms with Crippen molar-refractivity contribution < 1.29 is 28.7 Å². The number of nitrogens with zero attached hydrogens (tertiary/aromatic N) is 1. The molecule has 1 fully saturated rings. The van der Waals surface area contributed by atoms with Crippen LogP contribution in [0.4, 0.5) is 4.79 Å². The molecule has 2 aliphatic rings. The topological polar surface area (TPSA) is 110 Å². The van der Waals surface area contributed by atoms with E-state index in [9.17, 15) is 24.0 Å². The second kappa shape index (κ2) is 10.5. The predicted molar refractivity (Wildman–Crippen MR) is 131 cm³/mol. The highest BCUT2D eigenvalue weighted by molar-refractivity contribution is 6.12. The molecule has 2 unspecified atom stereocenters. The third-order valence-electron chi connectivity index (χ3n) is 6.42. The van der Waals surface area contributed by atoms with Crippen LogP contribution in [-0.2, 0) is 14.3 Å². The van der Waals surface area contributed by atoms with Gasteiger partial charge in [0.2, 0.25) is 11.8 Å². The summed E-state index contributed by atoms with van der Waals surface area (Å²) >= 11 is 0. The van der Waals surface area contributed by atoms with E-state index < -0.39 is 23.3 Å². The highest BCUT2D eigenvalue weighted by Crippen LogP contribution is 2.32. The molecular formula is C27H34N2O6. The Morgan fingerprint density at radius 2 is 1.83 bits per heavy atom. The Morgan fingerprint density at radius 3 is 2.46 bits per heavy atom. The van der Waals surface area contributed by atoms with Gasteiger partial charge in [0.25, 0.3) is 0 Å². The molecule has 0 aliphatic carbocycles. The van der Waals surface area contributed by atoms with E-state index in [1.807, 2.05) is 32.9 Å². The minimum atomic E-state index is -0.678. The van der Waals surface area contributed by atoms with Gasteiger partial charge in [0.1, 0.15) is 5.60 Å². The molecule has 8 nitrogen and oxygen atoms in total. The average Bonchev–Trinajstić information content (AvgIpc) is 3.03. The monoisotopic (exact) mass is 482 g/mol. The van der Waals surface area contributed by atoms with E-state index in [2.05, 4.69) is 5.32 Å². The van der Waals surface area contributed by atoms with Crippen molar-refractivity contribution in [3.8, 4) is 0 Å². The average molecular weight is 483 g/mol. The standard InChI is InChI=1S/C27H34N2O6/c1-16(19-11-12-22(31)28-25(19)33)24(32)21-10-6-9-20(23(21)17(2)30)18-8-7-14-29(15-13-18)26(34)35-27(3,4)5/h6,8-10,16,19H,7,11-15H2,1-5H3,(H,28,31,33). The third kappa shape index (κ3) is 6.24. The molecule has 0 spiro atoms. The molecule has 1 saturated heterocycles. The van der Waals surface area contributed by atoms with Crippen molar-refractivity contribution in [3.63, 3.8) is 0 Å². The van der Waals surface area contributed by atoms with E-state index in [1.165, 1.54) is 6.92 Å². The van der Waals surface area contributed by atoms with Gasteiger partial charge in [0.05, 0.1) is 0 Å². The quantitative estimate of drug-likeness (QED) is 0.498. The summed E-state index contributed by atoms with van der Waals surface area (Å²) in [6.07, 6.45) is 3.23. The summed E-state index contributed by atoms with van der Waals surface area (Å²) in [4.78, 5) is 64.2. The fourth-order valence-corrected chi connectivity index (χ4v) is 4.64. The summed E-state index contributed by atoms with van der Waals surface area (Å²) in [5, 5.41) is 2.30. The lowest BCUT2D eigenvalue weighted by Crippen LogP contribution is -2.44. The summed E-state index contributed by atoms with van der Waals surface area (Å²) < 4.78 is 5.50. The van der Waals surface area contributed by atoms with Gasteiger partial charge in [0.15, 0.2) is 11.6 Å². The minimum Gasteiger partial charge on any atom is -0.444 e. The largest absolute Gasteiger partial charge is 0.444 e. The third-order valence-corrected chi connectivity index (χ3v) is 6.42. The van der Waals surface area contributed by atoms with E-state index in [0.29, 0.717) is 43.5 Å². The summed E-state index contributed by atoms with van der Waals surface area (Å²) in [6, 6.07) is 5.18. The van der Waals surface area contributed by atoms with E-state index in [0.717, 1.165) is 5.57 Å². The number of amides is 3. The van der Waals surface area contributed by atoms with Gasteiger partial charge in [-0.05, 0) is 58.1 Å². The van der Waals surface area contributed by atoms with Crippen molar-refractivity contribution >= 4 is 35.0 Å². The van der Waals surface area contributed by atoms with Crippen molar-refractivity contribution in [2.75, 3.05) is 13.1 Å². The van der Waals surface area contributed by atoms with Crippen LogP contribution in [0.2, 0.25) is 0 Å². The van der Waals surface area contributed by atoms with Crippen LogP contribution in [0, 0.1) is 11.8 Å². The molecule has 35 heavy (non-hydrogen) atoms. The SMILES string of the molecule is CC(=O)c1c(C(=O)C(C)C2CCC(=O)NC2=O)cccc1C1=CCCN(C(=O)OC(C)(C)C)CC1. The Labute approximate surface area is 206 Å². The normalized spacial score (nSPS) is 19.9. The number of hydrogen-bond acceptors (Lipinski definition) is 6. The van der Waals surface area contributed by atoms with Crippen LogP contribution in [0.1, 0.15) is 86.6 Å². The first-order valence-corrected chi connectivity index (χ1v) is 12.1. The van der Waals surface area contributed by atoms with Gasteiger partial charge in [0, 0.05) is 42.5 Å². The molecule has 2 heterocycles. The number of benzene rings is 1. The van der Waals surface area contributed by atoms with Gasteiger partial charge < -0.3 is 9.64 Å². The molecule has 1 aromatic rings. The number of hydrogen-bond donors (Lipinski definition) is 1. The van der Waals surface area contributed by atoms with E-state index >= 15 is 0 Å². The first-order valence-electron chi connectivity index (χ1n) is 12.1. The van der Waals surface area contributed by atoms with Crippen LogP contribution >= 0.6 is 0 Å². The van der Waals surface area contributed by atoms with Crippen molar-refractivity contribution in [2.24, 2.45) is 11.8 Å². The number of Topliss-reactive ketones (excluding diaryl/α,β-unsaturated/α-hetero) is 2. The Morgan fingerprint density at radius 1 is 1.11 bits per heavy atom. The van der Waals surface area contributed by atoms with Crippen LogP contribution in [0.3, 0.4) is 0 Å². The number of imide groups is 1. The number of ether oxygens (including phenoxy) is 1. The molecule has 3 amide bonds. The molecule has 0 aromatic heterocycles. The Bertz CT molecular complexity index is 1080. The van der Waals surface area contributed by atoms with E-state index in [1.54, 1.807) is 24.0 Å². The van der Waals surface area contributed by atoms with E-state index in [-0.39, 0.29) is 35.6 Å². The van der Waals surface area contributed by atoms with Crippen molar-refractivity contribution in [1.82, 2.24) is 10.2 Å². The molecular weight excluding hydrogens is 448 g/mol. The minimum absolute atomic E-state index is 0.189. The predicted octanol–water partition coefficient (Wildman–Crippen LogP) is 4.18. The maximum Gasteiger partial charge on any atom is 0.410 e. The Kier molecular flexibility index (Phi) is 7.93. The number of nitrogens with one attached hydrogen (secondary N) is 1. The Hall–Kier alpha value is -3.29. The lowest BCUT2D eigenvalue weighted by molar-refractivity contribution is -0.137. The van der Waals surface area contributed by atoms with Crippen LogP contribution in [0.15, 0.2) is 24.3 Å². The molecule has 8 heteroatoms.